The number of nitrogens with zero attached hydrogens (tertiary/aromatic N) is 2. The van der Waals surface area contributed by atoms with Gasteiger partial charge in [0.15, 0.2) is 0 Å². The van der Waals surface area contributed by atoms with Crippen molar-refractivity contribution in [3.05, 3.63) is 93.4 Å². The van der Waals surface area contributed by atoms with Gasteiger partial charge in [0.1, 0.15) is 12.6 Å². The topological polar surface area (TPSA) is 86.8 Å². The lowest BCUT2D eigenvalue weighted by Gasteiger charge is -2.33. The third-order valence-corrected chi connectivity index (χ3v) is 8.25. The van der Waals surface area contributed by atoms with Crippen molar-refractivity contribution in [2.45, 2.75) is 30.8 Å². The highest BCUT2D eigenvalue weighted by Crippen LogP contribution is 2.33. The van der Waals surface area contributed by atoms with E-state index in [-0.39, 0.29) is 28.1 Å². The van der Waals surface area contributed by atoms with Crippen molar-refractivity contribution in [1.29, 1.82) is 0 Å². The Balaban J connectivity index is 2.08. The summed E-state index contributed by atoms with van der Waals surface area (Å²) in [6.45, 7) is 1.24. The van der Waals surface area contributed by atoms with Crippen molar-refractivity contribution >= 4 is 62.3 Å². The van der Waals surface area contributed by atoms with E-state index in [0.29, 0.717) is 16.5 Å². The normalized spacial score (nSPS) is 12.0. The zero-order valence-corrected chi connectivity index (χ0v) is 23.3. The molecule has 1 N–H and O–H groups in total. The summed E-state index contributed by atoms with van der Waals surface area (Å²) in [6.07, 6.45) is 0.312. The van der Waals surface area contributed by atoms with Gasteiger partial charge in [-0.15, -0.1) is 0 Å². The smallest absolute Gasteiger partial charge is 0.264 e. The predicted octanol–water partition coefficient (Wildman–Crippen LogP) is 5.40. The highest BCUT2D eigenvalue weighted by molar-refractivity contribution is 7.92. The van der Waals surface area contributed by atoms with Gasteiger partial charge in [-0.1, -0.05) is 72.1 Å². The van der Waals surface area contributed by atoms with Crippen LogP contribution in [0.1, 0.15) is 18.9 Å². The first kappa shape index (κ1) is 28.8. The fraction of sp³-hybridized carbons (Fsp3) is 0.231. The second-order valence-electron chi connectivity index (χ2n) is 8.11. The van der Waals surface area contributed by atoms with Crippen LogP contribution in [0.3, 0.4) is 0 Å². The van der Waals surface area contributed by atoms with E-state index < -0.39 is 28.5 Å². The number of halogens is 3. The van der Waals surface area contributed by atoms with Gasteiger partial charge >= 0.3 is 0 Å². The molecule has 0 heterocycles. The Morgan fingerprint density at radius 2 is 1.54 bits per heavy atom. The van der Waals surface area contributed by atoms with Crippen LogP contribution in [0.15, 0.2) is 77.7 Å². The molecule has 37 heavy (non-hydrogen) atoms. The van der Waals surface area contributed by atoms with E-state index in [1.165, 1.54) is 42.3 Å². The molecule has 1 atom stereocenters. The SMILES string of the molecule is CCC(C(=O)NC)N(Cc1ccc(Cl)cc1)C(=O)CN(c1ccc(Cl)cc1Cl)S(=O)(=O)c1ccccc1. The van der Waals surface area contributed by atoms with E-state index in [4.69, 9.17) is 34.8 Å². The van der Waals surface area contributed by atoms with Gasteiger partial charge in [-0.05, 0) is 54.4 Å². The first-order valence-electron chi connectivity index (χ1n) is 11.4. The third kappa shape index (κ3) is 6.96. The molecule has 0 spiro atoms. The molecule has 0 aromatic heterocycles. The lowest BCUT2D eigenvalue weighted by molar-refractivity contribution is -0.140. The minimum absolute atomic E-state index is 0.0172. The Bertz CT molecular complexity index is 1350. The van der Waals surface area contributed by atoms with Gasteiger partial charge < -0.3 is 10.2 Å². The van der Waals surface area contributed by atoms with Crippen LogP contribution >= 0.6 is 34.8 Å². The van der Waals surface area contributed by atoms with E-state index in [9.17, 15) is 18.0 Å². The number of carbonyl (C=O) groups excluding carboxylic acids is 2. The molecule has 0 aliphatic rings. The quantitative estimate of drug-likeness (QED) is 0.347. The number of amides is 2. The molecule has 196 valence electrons. The second-order valence-corrected chi connectivity index (χ2v) is 11.2. The van der Waals surface area contributed by atoms with Crippen LogP contribution in [0.25, 0.3) is 0 Å². The summed E-state index contributed by atoms with van der Waals surface area (Å²) in [5.74, 6) is -0.956. The number of anilines is 1. The van der Waals surface area contributed by atoms with Gasteiger partial charge in [0.25, 0.3) is 10.0 Å². The van der Waals surface area contributed by atoms with E-state index in [0.717, 1.165) is 9.87 Å². The summed E-state index contributed by atoms with van der Waals surface area (Å²) in [5.41, 5.74) is 0.810. The maximum atomic E-state index is 13.8. The van der Waals surface area contributed by atoms with Crippen LogP contribution < -0.4 is 9.62 Å². The standard InChI is InChI=1S/C26H26Cl3N3O4S/c1-3-23(26(34)30-2)31(16-18-9-11-19(27)12-10-18)25(33)17-32(24-14-13-20(28)15-22(24)29)37(35,36)21-7-5-4-6-8-21/h4-15,23H,3,16-17H2,1-2H3,(H,30,34). The van der Waals surface area contributed by atoms with Gasteiger partial charge in [0, 0.05) is 23.6 Å². The van der Waals surface area contributed by atoms with Crippen molar-refractivity contribution < 1.29 is 18.0 Å². The number of benzene rings is 3. The fourth-order valence-electron chi connectivity index (χ4n) is 3.79. The first-order valence-corrected chi connectivity index (χ1v) is 13.9. The molecule has 0 bridgehead atoms. The van der Waals surface area contributed by atoms with E-state index in [1.807, 2.05) is 0 Å². The largest absolute Gasteiger partial charge is 0.357 e. The Kier molecular flexibility index (Phi) is 9.84. The maximum absolute atomic E-state index is 13.8. The van der Waals surface area contributed by atoms with Gasteiger partial charge in [-0.3, -0.25) is 13.9 Å². The predicted molar refractivity (Wildman–Crippen MR) is 148 cm³/mol. The minimum atomic E-state index is -4.21. The van der Waals surface area contributed by atoms with Gasteiger partial charge in [-0.25, -0.2) is 8.42 Å². The lowest BCUT2D eigenvalue weighted by Crippen LogP contribution is -2.51. The number of nitrogens with one attached hydrogen (secondary N) is 1. The van der Waals surface area contributed by atoms with Crippen LogP contribution in [0.5, 0.6) is 0 Å². The van der Waals surface area contributed by atoms with Crippen molar-refractivity contribution in [1.82, 2.24) is 10.2 Å². The van der Waals surface area contributed by atoms with Crippen LogP contribution in [-0.2, 0) is 26.2 Å². The van der Waals surface area contributed by atoms with Crippen LogP contribution in [0, 0.1) is 0 Å². The zero-order chi connectivity index (χ0) is 27.2. The summed E-state index contributed by atoms with van der Waals surface area (Å²) in [7, 11) is -2.73. The first-order chi connectivity index (χ1) is 17.6. The van der Waals surface area contributed by atoms with Crippen LogP contribution in [0.2, 0.25) is 15.1 Å². The molecular formula is C26H26Cl3N3O4S. The maximum Gasteiger partial charge on any atom is 0.264 e. The Labute approximate surface area is 232 Å². The summed E-state index contributed by atoms with van der Waals surface area (Å²) in [5, 5.41) is 3.48. The molecule has 3 rings (SSSR count). The van der Waals surface area contributed by atoms with Gasteiger partial charge in [0.2, 0.25) is 11.8 Å². The number of carbonyl (C=O) groups is 2. The average molecular weight is 583 g/mol. The monoisotopic (exact) mass is 581 g/mol. The molecule has 3 aromatic carbocycles. The third-order valence-electron chi connectivity index (χ3n) is 5.69. The lowest BCUT2D eigenvalue weighted by atomic mass is 10.1. The summed E-state index contributed by atoms with van der Waals surface area (Å²) in [4.78, 5) is 27.9. The van der Waals surface area contributed by atoms with E-state index in [2.05, 4.69) is 5.32 Å². The molecule has 0 aliphatic carbocycles. The molecular weight excluding hydrogens is 557 g/mol. The van der Waals surface area contributed by atoms with Crippen molar-refractivity contribution in [2.75, 3.05) is 17.9 Å². The minimum Gasteiger partial charge on any atom is -0.357 e. The molecule has 1 unspecified atom stereocenters. The average Bonchev–Trinajstić information content (AvgIpc) is 2.88. The molecule has 11 heteroatoms. The number of sulfonamides is 1. The van der Waals surface area contributed by atoms with E-state index >= 15 is 0 Å². The van der Waals surface area contributed by atoms with Crippen molar-refractivity contribution in [3.63, 3.8) is 0 Å². The highest BCUT2D eigenvalue weighted by atomic mass is 35.5. The van der Waals surface area contributed by atoms with Crippen LogP contribution in [0.4, 0.5) is 5.69 Å². The Morgan fingerprint density at radius 1 is 0.919 bits per heavy atom. The summed E-state index contributed by atoms with van der Waals surface area (Å²) >= 11 is 18.4. The number of rotatable bonds is 10. The Hall–Kier alpha value is -2.78. The van der Waals surface area contributed by atoms with Crippen LogP contribution in [-0.4, -0.2) is 44.8 Å². The number of hydrogen-bond acceptors (Lipinski definition) is 4. The number of likely N-dealkylation sites (N-methyl/N-ethyl adjacent to an activating group) is 1. The number of hydrogen-bond donors (Lipinski definition) is 1. The zero-order valence-electron chi connectivity index (χ0n) is 20.2. The molecule has 0 radical (unpaired) electrons. The highest BCUT2D eigenvalue weighted by Gasteiger charge is 2.34. The van der Waals surface area contributed by atoms with Gasteiger partial charge in [-0.2, -0.15) is 0 Å². The summed E-state index contributed by atoms with van der Waals surface area (Å²) in [6, 6.07) is 18.1. The molecule has 7 nitrogen and oxygen atoms in total. The Morgan fingerprint density at radius 3 is 2.11 bits per heavy atom. The van der Waals surface area contributed by atoms with Crippen molar-refractivity contribution in [2.24, 2.45) is 0 Å². The summed E-state index contributed by atoms with van der Waals surface area (Å²) < 4.78 is 28.4. The molecule has 2 amide bonds. The van der Waals surface area contributed by atoms with Crippen molar-refractivity contribution in [3.8, 4) is 0 Å². The molecule has 3 aromatic rings. The van der Waals surface area contributed by atoms with E-state index in [1.54, 1.807) is 49.4 Å². The second kappa shape index (κ2) is 12.6. The molecule has 0 saturated heterocycles. The molecule has 0 fully saturated rings. The van der Waals surface area contributed by atoms with Gasteiger partial charge in [0.05, 0.1) is 15.6 Å². The molecule has 0 aliphatic heterocycles. The molecule has 0 saturated carbocycles. The fourth-order valence-corrected chi connectivity index (χ4v) is 5.93.